The van der Waals surface area contributed by atoms with Crippen molar-refractivity contribution in [2.75, 3.05) is 35.7 Å². The summed E-state index contributed by atoms with van der Waals surface area (Å²) in [6.45, 7) is 9.74. The fourth-order valence-electron chi connectivity index (χ4n) is 2.17. The second kappa shape index (κ2) is 20.0. The fourth-order valence-corrected chi connectivity index (χ4v) is 2.79. The number of halogens is 2. The maximum atomic E-state index is 6.16. The van der Waals surface area contributed by atoms with Gasteiger partial charge in [0, 0.05) is 34.9 Å². The molecule has 0 aliphatic rings. The van der Waals surface area contributed by atoms with Crippen molar-refractivity contribution in [1.82, 2.24) is 0 Å². The smallest absolute Gasteiger partial charge is 0.167 e. The predicted molar refractivity (Wildman–Crippen MR) is 128 cm³/mol. The van der Waals surface area contributed by atoms with Crippen LogP contribution in [0, 0.1) is 0 Å². The van der Waals surface area contributed by atoms with Crippen molar-refractivity contribution in [3.05, 3.63) is 23.3 Å². The van der Waals surface area contributed by atoms with E-state index >= 15 is 0 Å². The molecule has 27 heavy (non-hydrogen) atoms. The van der Waals surface area contributed by atoms with E-state index in [-0.39, 0.29) is 13.6 Å². The zero-order chi connectivity index (χ0) is 20.3. The lowest BCUT2D eigenvalue weighted by Crippen LogP contribution is -2.29. The van der Waals surface area contributed by atoms with Gasteiger partial charge in [-0.25, -0.2) is 0 Å². The van der Waals surface area contributed by atoms with Crippen molar-refractivity contribution < 1.29 is 23.7 Å². The highest BCUT2D eigenvalue weighted by Crippen LogP contribution is 2.18. The lowest BCUT2D eigenvalue weighted by atomic mass is 10.1. The summed E-state index contributed by atoms with van der Waals surface area (Å²) in [5.74, 6) is 0. The Morgan fingerprint density at radius 1 is 0.778 bits per heavy atom. The Labute approximate surface area is 192 Å². The van der Waals surface area contributed by atoms with Crippen LogP contribution in [0.2, 0.25) is 0 Å². The van der Waals surface area contributed by atoms with Crippen LogP contribution in [0.1, 0.15) is 53.4 Å². The highest BCUT2D eigenvalue weighted by atomic mass is 127. The first-order chi connectivity index (χ1) is 13.1. The zero-order valence-electron chi connectivity index (χ0n) is 17.2. The van der Waals surface area contributed by atoms with Gasteiger partial charge < -0.3 is 23.7 Å². The Balaban J connectivity index is 4.93. The summed E-state index contributed by atoms with van der Waals surface area (Å²) < 4.78 is 30.6. The van der Waals surface area contributed by atoms with E-state index in [0.717, 1.165) is 21.7 Å². The Morgan fingerprint density at radius 3 is 1.52 bits per heavy atom. The van der Waals surface area contributed by atoms with Gasteiger partial charge in [0.15, 0.2) is 12.6 Å². The molecule has 0 aromatic carbocycles. The van der Waals surface area contributed by atoms with Gasteiger partial charge in [-0.05, 0) is 40.5 Å². The fraction of sp³-hybridized carbons (Fsp3) is 0.800. The number of hydrogen-bond acceptors (Lipinski definition) is 5. The van der Waals surface area contributed by atoms with Crippen LogP contribution in [-0.2, 0) is 23.7 Å². The zero-order valence-corrected chi connectivity index (χ0v) is 21.5. The molecule has 5 nitrogen and oxygen atoms in total. The SMILES string of the molecule is CCOCO[C@@H](C/C(C)=C/CCI)O[C@@H](C/C(C)=C/CCI)OCOCC. The molecule has 0 saturated heterocycles. The van der Waals surface area contributed by atoms with Gasteiger partial charge in [0.1, 0.15) is 13.6 Å². The summed E-state index contributed by atoms with van der Waals surface area (Å²) in [5.41, 5.74) is 2.49. The Bertz CT molecular complexity index is 366. The molecular formula is C20H36I2O5. The van der Waals surface area contributed by atoms with Crippen LogP contribution < -0.4 is 0 Å². The molecule has 0 aliphatic heterocycles. The van der Waals surface area contributed by atoms with Crippen LogP contribution in [0.4, 0.5) is 0 Å². The summed E-state index contributed by atoms with van der Waals surface area (Å²) in [5, 5.41) is 0. The first kappa shape index (κ1) is 27.7. The number of alkyl halides is 2. The Hall–Kier alpha value is 0.740. The van der Waals surface area contributed by atoms with Crippen molar-refractivity contribution in [1.29, 1.82) is 0 Å². The van der Waals surface area contributed by atoms with Gasteiger partial charge in [-0.3, -0.25) is 0 Å². The van der Waals surface area contributed by atoms with Crippen LogP contribution in [0.15, 0.2) is 23.3 Å². The molecule has 0 bridgehead atoms. The summed E-state index contributed by atoms with van der Waals surface area (Å²) in [4.78, 5) is 0. The van der Waals surface area contributed by atoms with Crippen molar-refractivity contribution in [3.63, 3.8) is 0 Å². The van der Waals surface area contributed by atoms with E-state index in [1.54, 1.807) is 0 Å². The van der Waals surface area contributed by atoms with Crippen molar-refractivity contribution >= 4 is 45.2 Å². The van der Waals surface area contributed by atoms with E-state index in [0.29, 0.717) is 26.1 Å². The predicted octanol–water partition coefficient (Wildman–Crippen LogP) is 6.00. The van der Waals surface area contributed by atoms with E-state index in [1.807, 2.05) is 13.8 Å². The third kappa shape index (κ3) is 17.3. The molecule has 0 N–H and O–H groups in total. The summed E-state index contributed by atoms with van der Waals surface area (Å²) in [6.07, 6.45) is 7.11. The lowest BCUT2D eigenvalue weighted by molar-refractivity contribution is -0.280. The normalized spacial score (nSPS) is 15.2. The largest absolute Gasteiger partial charge is 0.356 e. The average Bonchev–Trinajstić information content (AvgIpc) is 2.64. The topological polar surface area (TPSA) is 46.2 Å². The van der Waals surface area contributed by atoms with Gasteiger partial charge in [-0.2, -0.15) is 0 Å². The number of ether oxygens (including phenoxy) is 5. The van der Waals surface area contributed by atoms with Gasteiger partial charge in [-0.15, -0.1) is 0 Å². The molecule has 0 fully saturated rings. The number of allylic oxidation sites excluding steroid dienone is 2. The van der Waals surface area contributed by atoms with Crippen LogP contribution >= 0.6 is 45.2 Å². The van der Waals surface area contributed by atoms with E-state index in [4.69, 9.17) is 23.7 Å². The minimum absolute atomic E-state index is 0.211. The molecule has 0 aliphatic carbocycles. The lowest BCUT2D eigenvalue weighted by Gasteiger charge is -2.25. The average molecular weight is 610 g/mol. The maximum Gasteiger partial charge on any atom is 0.167 e. The van der Waals surface area contributed by atoms with Gasteiger partial charge in [-0.1, -0.05) is 68.5 Å². The third-order valence-electron chi connectivity index (χ3n) is 3.57. The molecule has 0 amide bonds. The molecule has 160 valence electrons. The van der Waals surface area contributed by atoms with E-state index in [1.165, 1.54) is 11.1 Å². The minimum Gasteiger partial charge on any atom is -0.356 e. The first-order valence-corrected chi connectivity index (χ1v) is 12.6. The van der Waals surface area contributed by atoms with Crippen molar-refractivity contribution in [2.45, 2.75) is 66.0 Å². The second-order valence-electron chi connectivity index (χ2n) is 6.01. The van der Waals surface area contributed by atoms with Crippen LogP contribution in [0.3, 0.4) is 0 Å². The van der Waals surface area contributed by atoms with Gasteiger partial charge >= 0.3 is 0 Å². The summed E-state index contributed by atoms with van der Waals surface area (Å²) in [7, 11) is 0. The summed E-state index contributed by atoms with van der Waals surface area (Å²) >= 11 is 4.75. The molecule has 0 spiro atoms. The highest BCUT2D eigenvalue weighted by Gasteiger charge is 2.19. The van der Waals surface area contributed by atoms with Gasteiger partial charge in [0.25, 0.3) is 0 Å². The molecule has 7 heteroatoms. The molecule has 0 rings (SSSR count). The van der Waals surface area contributed by atoms with Crippen LogP contribution in [-0.4, -0.2) is 48.2 Å². The number of hydrogen-bond donors (Lipinski definition) is 0. The minimum atomic E-state index is -0.411. The molecule has 0 aromatic heterocycles. The Morgan fingerprint density at radius 2 is 1.19 bits per heavy atom. The Kier molecular flexibility index (Phi) is 20.6. The molecule has 0 unspecified atom stereocenters. The molecule has 0 aromatic rings. The van der Waals surface area contributed by atoms with Gasteiger partial charge in [0.05, 0.1) is 0 Å². The monoisotopic (exact) mass is 610 g/mol. The molecule has 0 radical (unpaired) electrons. The molecule has 0 saturated carbocycles. The summed E-state index contributed by atoms with van der Waals surface area (Å²) in [6, 6.07) is 0. The first-order valence-electron chi connectivity index (χ1n) is 9.54. The molecular weight excluding hydrogens is 574 g/mol. The van der Waals surface area contributed by atoms with E-state index in [2.05, 4.69) is 71.2 Å². The quantitative estimate of drug-likeness (QED) is 0.0627. The maximum absolute atomic E-state index is 6.16. The van der Waals surface area contributed by atoms with Crippen molar-refractivity contribution in [2.24, 2.45) is 0 Å². The van der Waals surface area contributed by atoms with Crippen molar-refractivity contribution in [3.8, 4) is 0 Å². The van der Waals surface area contributed by atoms with Crippen LogP contribution in [0.5, 0.6) is 0 Å². The highest BCUT2D eigenvalue weighted by molar-refractivity contribution is 14.1. The molecule has 0 heterocycles. The van der Waals surface area contributed by atoms with Gasteiger partial charge in [0.2, 0.25) is 0 Å². The third-order valence-corrected chi connectivity index (χ3v) is 4.81. The second-order valence-corrected chi connectivity index (χ2v) is 8.17. The molecule has 2 atom stereocenters. The number of rotatable bonds is 18. The van der Waals surface area contributed by atoms with E-state index in [9.17, 15) is 0 Å². The van der Waals surface area contributed by atoms with E-state index < -0.39 is 12.6 Å². The standard InChI is InChI=1S/C20H36I2O5/c1-5-23-15-25-19(13-17(3)9-7-11-21)27-20(26-16-24-6-2)14-18(4)10-8-12-22/h9-10,19-20H,5-8,11-16H2,1-4H3/b17-9+,18-10+/t19-,20+. The van der Waals surface area contributed by atoms with Crippen LogP contribution in [0.25, 0.3) is 0 Å².